The van der Waals surface area contributed by atoms with E-state index in [0.717, 1.165) is 18.6 Å². The monoisotopic (exact) mass is 335 g/mol. The number of fused-ring (bicyclic) bond motifs is 1. The zero-order chi connectivity index (χ0) is 17.1. The molecule has 1 aromatic heterocycles. The average Bonchev–Trinajstić information content (AvgIpc) is 2.94. The summed E-state index contributed by atoms with van der Waals surface area (Å²) in [5, 5.41) is 10.6. The van der Waals surface area contributed by atoms with Gasteiger partial charge >= 0.3 is 6.09 Å². The van der Waals surface area contributed by atoms with Gasteiger partial charge in [-0.25, -0.2) is 9.18 Å². The van der Waals surface area contributed by atoms with Crippen LogP contribution in [0, 0.1) is 5.92 Å². The van der Waals surface area contributed by atoms with Gasteiger partial charge in [0.1, 0.15) is 17.9 Å². The van der Waals surface area contributed by atoms with E-state index in [2.05, 4.69) is 22.1 Å². The fraction of sp³-hybridized carbons (Fsp3) is 0.375. The molecule has 0 radical (unpaired) electrons. The number of nitrogens with zero attached hydrogens (tertiary/aromatic N) is 2. The molecule has 1 aromatic carbocycles. The quantitative estimate of drug-likeness (QED) is 0.844. The maximum Gasteiger partial charge on any atom is 0.404 e. The van der Waals surface area contributed by atoms with Crippen molar-refractivity contribution in [1.82, 2.24) is 10.3 Å². The van der Waals surface area contributed by atoms with Crippen molar-refractivity contribution in [3.63, 3.8) is 0 Å². The van der Waals surface area contributed by atoms with Crippen molar-refractivity contribution in [3.05, 3.63) is 30.1 Å². The summed E-state index contributed by atoms with van der Waals surface area (Å²) in [5.74, 6) is 1.14. The van der Waals surface area contributed by atoms with Crippen LogP contribution in [0.5, 0.6) is 5.75 Å². The van der Waals surface area contributed by atoms with Gasteiger partial charge in [-0.15, -0.1) is 0 Å². The molecule has 24 heavy (non-hydrogen) atoms. The summed E-state index contributed by atoms with van der Waals surface area (Å²) in [6.45, 7) is 3.83. The van der Waals surface area contributed by atoms with Crippen LogP contribution in [0.2, 0.25) is 0 Å². The van der Waals surface area contributed by atoms with Crippen molar-refractivity contribution < 1.29 is 23.4 Å². The van der Waals surface area contributed by atoms with E-state index in [1.807, 2.05) is 0 Å². The molecule has 8 heteroatoms. The van der Waals surface area contributed by atoms with Crippen LogP contribution in [0.15, 0.2) is 34.5 Å². The zero-order valence-corrected chi connectivity index (χ0v) is 13.2. The number of ether oxygens (including phenoxy) is 1. The highest BCUT2D eigenvalue weighted by Gasteiger charge is 2.26. The number of halogens is 1. The Balaban J connectivity index is 1.63. The number of hydrogen-bond donors (Lipinski definition) is 2. The lowest BCUT2D eigenvalue weighted by molar-refractivity contribution is 0.195. The van der Waals surface area contributed by atoms with Gasteiger partial charge in [-0.1, -0.05) is 6.92 Å². The normalized spacial score (nSPS) is 15.4. The highest BCUT2D eigenvalue weighted by atomic mass is 19.1. The van der Waals surface area contributed by atoms with Crippen molar-refractivity contribution in [2.24, 2.45) is 5.92 Å². The number of hydrogen-bond acceptors (Lipinski definition) is 5. The molecule has 2 N–H and O–H groups in total. The van der Waals surface area contributed by atoms with Crippen LogP contribution in [0.25, 0.3) is 11.1 Å². The smallest absolute Gasteiger partial charge is 0.404 e. The molecule has 1 amide bonds. The van der Waals surface area contributed by atoms with Gasteiger partial charge in [-0.2, -0.15) is 4.98 Å². The number of carbonyl (C=O) groups is 1. The van der Waals surface area contributed by atoms with Crippen LogP contribution < -0.4 is 15.0 Å². The van der Waals surface area contributed by atoms with Crippen LogP contribution in [-0.2, 0) is 0 Å². The Labute approximate surface area is 137 Å². The van der Waals surface area contributed by atoms with E-state index in [-0.39, 0.29) is 18.7 Å². The molecule has 0 atom stereocenters. The van der Waals surface area contributed by atoms with Gasteiger partial charge in [-0.3, -0.25) is 0 Å². The van der Waals surface area contributed by atoms with E-state index in [9.17, 15) is 9.18 Å². The number of anilines is 1. The lowest BCUT2D eigenvalue weighted by Crippen LogP contribution is -2.45. The second-order valence-corrected chi connectivity index (χ2v) is 5.85. The second-order valence-electron chi connectivity index (χ2n) is 5.85. The molecule has 1 fully saturated rings. The largest absolute Gasteiger partial charge is 0.489 e. The maximum absolute atomic E-state index is 12.7. The molecule has 0 unspecified atom stereocenters. The lowest BCUT2D eigenvalue weighted by Gasteiger charge is -2.35. The lowest BCUT2D eigenvalue weighted by atomic mass is 10.0. The second kappa shape index (κ2) is 6.77. The Kier molecular flexibility index (Phi) is 4.54. The molecule has 1 aliphatic heterocycles. The summed E-state index contributed by atoms with van der Waals surface area (Å²) >= 11 is 0. The van der Waals surface area contributed by atoms with E-state index < -0.39 is 6.09 Å². The van der Waals surface area contributed by atoms with Crippen molar-refractivity contribution in [3.8, 4) is 5.75 Å². The minimum absolute atomic E-state index is 0.0626. The molecule has 128 valence electrons. The first-order chi connectivity index (χ1) is 11.5. The first-order valence-corrected chi connectivity index (χ1v) is 7.58. The minimum Gasteiger partial charge on any atom is -0.489 e. The maximum atomic E-state index is 12.7. The first-order valence-electron chi connectivity index (χ1n) is 7.58. The van der Waals surface area contributed by atoms with E-state index >= 15 is 0 Å². The first kappa shape index (κ1) is 16.1. The predicted octanol–water partition coefficient (Wildman–Crippen LogP) is 2.78. The number of carboxylic acid groups (broad SMARTS) is 1. The minimum atomic E-state index is -1.22. The Morgan fingerprint density at radius 1 is 1.58 bits per heavy atom. The molecule has 0 aliphatic carbocycles. The Bertz CT molecular complexity index is 768. The summed E-state index contributed by atoms with van der Waals surface area (Å²) in [7, 11) is 0. The topological polar surface area (TPSA) is 87.8 Å². The molecule has 3 rings (SSSR count). The van der Waals surface area contributed by atoms with E-state index in [1.54, 1.807) is 18.2 Å². The van der Waals surface area contributed by atoms with Crippen LogP contribution in [0.3, 0.4) is 0 Å². The van der Waals surface area contributed by atoms with E-state index in [4.69, 9.17) is 14.3 Å². The average molecular weight is 335 g/mol. The van der Waals surface area contributed by atoms with Crippen molar-refractivity contribution in [1.29, 1.82) is 0 Å². The molecule has 2 aromatic rings. The van der Waals surface area contributed by atoms with Gasteiger partial charge in [0.2, 0.25) is 0 Å². The van der Waals surface area contributed by atoms with Crippen LogP contribution in [0.1, 0.15) is 6.92 Å². The SMILES string of the molecule is CC1CN(c2nc3ccc(OC/C(=C/F)CNC(=O)O)cc3o2)C1. The van der Waals surface area contributed by atoms with Crippen molar-refractivity contribution >= 4 is 23.2 Å². The molecule has 7 nitrogen and oxygen atoms in total. The number of nitrogens with one attached hydrogen (secondary N) is 1. The number of amides is 1. The zero-order valence-electron chi connectivity index (χ0n) is 13.2. The Morgan fingerprint density at radius 2 is 2.38 bits per heavy atom. The third kappa shape index (κ3) is 3.58. The summed E-state index contributed by atoms with van der Waals surface area (Å²) in [5.41, 5.74) is 1.51. The van der Waals surface area contributed by atoms with Crippen molar-refractivity contribution in [2.45, 2.75) is 6.92 Å². The molecular formula is C16H18FN3O4. The number of oxazole rings is 1. The molecule has 1 saturated heterocycles. The fourth-order valence-electron chi connectivity index (χ4n) is 2.46. The van der Waals surface area contributed by atoms with Gasteiger partial charge in [0.25, 0.3) is 6.01 Å². The molecule has 0 spiro atoms. The molecule has 1 aliphatic rings. The standard InChI is InChI=1S/C16H18FN3O4/c1-10-7-20(8-10)15-19-13-3-2-12(4-14(13)24-15)23-9-11(5-17)6-18-16(21)22/h2-5,10,18H,6-9H2,1H3,(H,21,22)/b11-5+. The van der Waals surface area contributed by atoms with Gasteiger partial charge in [-0.05, 0) is 18.1 Å². The molecule has 0 saturated carbocycles. The highest BCUT2D eigenvalue weighted by Crippen LogP contribution is 2.29. The summed E-state index contributed by atoms with van der Waals surface area (Å²) in [6.07, 6.45) is -0.878. The van der Waals surface area contributed by atoms with Crippen LogP contribution in [-0.4, -0.2) is 42.4 Å². The number of benzene rings is 1. The van der Waals surface area contributed by atoms with Gasteiger partial charge in [0.15, 0.2) is 5.58 Å². The fourth-order valence-corrected chi connectivity index (χ4v) is 2.46. The van der Waals surface area contributed by atoms with Crippen molar-refractivity contribution in [2.75, 3.05) is 31.1 Å². The Morgan fingerprint density at radius 3 is 3.04 bits per heavy atom. The summed E-state index contributed by atoms with van der Waals surface area (Å²) in [4.78, 5) is 16.9. The number of rotatable bonds is 6. The van der Waals surface area contributed by atoms with Crippen LogP contribution in [0.4, 0.5) is 15.2 Å². The highest BCUT2D eigenvalue weighted by molar-refractivity contribution is 5.76. The van der Waals surface area contributed by atoms with Gasteiger partial charge in [0.05, 0.1) is 6.33 Å². The van der Waals surface area contributed by atoms with Gasteiger partial charge in [0, 0.05) is 31.3 Å². The van der Waals surface area contributed by atoms with E-state index in [0.29, 0.717) is 29.6 Å². The van der Waals surface area contributed by atoms with E-state index in [1.165, 1.54) is 0 Å². The Hall–Kier alpha value is -2.77. The number of aromatic nitrogens is 1. The summed E-state index contributed by atoms with van der Waals surface area (Å²) in [6, 6.07) is 5.77. The van der Waals surface area contributed by atoms with Crippen LogP contribution >= 0.6 is 0 Å². The molecular weight excluding hydrogens is 317 g/mol. The predicted molar refractivity (Wildman–Crippen MR) is 86.1 cm³/mol. The third-order valence-electron chi connectivity index (χ3n) is 3.73. The third-order valence-corrected chi connectivity index (χ3v) is 3.73. The summed E-state index contributed by atoms with van der Waals surface area (Å²) < 4.78 is 23.9. The molecule has 2 heterocycles. The molecule has 0 bridgehead atoms. The van der Waals surface area contributed by atoms with Gasteiger partial charge < -0.3 is 24.5 Å².